The molecule has 1 aliphatic heterocycles. The molecule has 17 heavy (non-hydrogen) atoms. The molecule has 4 nitrogen and oxygen atoms in total. The number of anilines is 1. The van der Waals surface area contributed by atoms with E-state index >= 15 is 0 Å². The SMILES string of the molecule is CNCc1csc(N2CC(C)OC(C)(C)C2)n1. The topological polar surface area (TPSA) is 37.4 Å². The number of nitrogens with one attached hydrogen (secondary N) is 1. The van der Waals surface area contributed by atoms with Crippen molar-refractivity contribution in [2.24, 2.45) is 0 Å². The van der Waals surface area contributed by atoms with Crippen molar-refractivity contribution in [3.8, 4) is 0 Å². The van der Waals surface area contributed by atoms with Crippen molar-refractivity contribution in [1.29, 1.82) is 0 Å². The van der Waals surface area contributed by atoms with Crippen LogP contribution in [-0.2, 0) is 11.3 Å². The normalized spacial score (nSPS) is 24.0. The third-order valence-electron chi connectivity index (χ3n) is 2.74. The van der Waals surface area contributed by atoms with Crippen molar-refractivity contribution in [1.82, 2.24) is 10.3 Å². The van der Waals surface area contributed by atoms with Crippen LogP contribution in [0.2, 0.25) is 0 Å². The summed E-state index contributed by atoms with van der Waals surface area (Å²) in [4.78, 5) is 6.98. The minimum Gasteiger partial charge on any atom is -0.369 e. The molecule has 1 N–H and O–H groups in total. The molecule has 96 valence electrons. The fraction of sp³-hybridized carbons (Fsp3) is 0.750. The lowest BCUT2D eigenvalue weighted by Crippen LogP contribution is -2.52. The van der Waals surface area contributed by atoms with Gasteiger partial charge in [0, 0.05) is 25.0 Å². The Labute approximate surface area is 107 Å². The Morgan fingerprint density at radius 3 is 3.06 bits per heavy atom. The second kappa shape index (κ2) is 4.92. The van der Waals surface area contributed by atoms with Gasteiger partial charge in [0.25, 0.3) is 0 Å². The van der Waals surface area contributed by atoms with Gasteiger partial charge in [-0.25, -0.2) is 4.98 Å². The zero-order chi connectivity index (χ0) is 12.5. The average molecular weight is 255 g/mol. The van der Waals surface area contributed by atoms with Crippen LogP contribution >= 0.6 is 11.3 Å². The van der Waals surface area contributed by atoms with Crippen molar-refractivity contribution >= 4 is 16.5 Å². The molecule has 2 heterocycles. The lowest BCUT2D eigenvalue weighted by Gasteiger charge is -2.41. The summed E-state index contributed by atoms with van der Waals surface area (Å²) in [7, 11) is 1.94. The molecule has 1 aliphatic rings. The van der Waals surface area contributed by atoms with Gasteiger partial charge in [-0.3, -0.25) is 0 Å². The Balaban J connectivity index is 2.10. The van der Waals surface area contributed by atoms with Crippen LogP contribution in [0.4, 0.5) is 5.13 Å². The number of aromatic nitrogens is 1. The standard InChI is InChI=1S/C12H21N3OS/c1-9-6-15(8-12(2,3)16-9)11-14-10(5-13-4)7-17-11/h7,9,13H,5-6,8H2,1-4H3. The summed E-state index contributed by atoms with van der Waals surface area (Å²) in [6.45, 7) is 9.06. The van der Waals surface area contributed by atoms with Crippen LogP contribution in [0.15, 0.2) is 5.38 Å². The maximum absolute atomic E-state index is 5.90. The van der Waals surface area contributed by atoms with E-state index in [1.807, 2.05) is 7.05 Å². The molecule has 1 atom stereocenters. The van der Waals surface area contributed by atoms with Gasteiger partial charge in [-0.2, -0.15) is 0 Å². The summed E-state index contributed by atoms with van der Waals surface area (Å²) >= 11 is 1.72. The molecule has 1 saturated heterocycles. The number of rotatable bonds is 3. The summed E-state index contributed by atoms with van der Waals surface area (Å²) < 4.78 is 5.90. The zero-order valence-electron chi connectivity index (χ0n) is 11.0. The second-order valence-corrected chi connectivity index (χ2v) is 6.06. The highest BCUT2D eigenvalue weighted by molar-refractivity contribution is 7.13. The monoisotopic (exact) mass is 255 g/mol. The number of thiazole rings is 1. The number of ether oxygens (including phenoxy) is 1. The molecule has 0 aromatic carbocycles. The number of morpholine rings is 1. The predicted octanol–water partition coefficient (Wildman–Crippen LogP) is 1.87. The van der Waals surface area contributed by atoms with Crippen LogP contribution in [0.1, 0.15) is 26.5 Å². The summed E-state index contributed by atoms with van der Waals surface area (Å²) in [5, 5.41) is 6.36. The molecule has 1 aromatic rings. The van der Waals surface area contributed by atoms with Gasteiger partial charge in [0.05, 0.1) is 17.4 Å². The first kappa shape index (κ1) is 12.8. The largest absolute Gasteiger partial charge is 0.369 e. The molecule has 0 saturated carbocycles. The van der Waals surface area contributed by atoms with Crippen LogP contribution in [0.25, 0.3) is 0 Å². The van der Waals surface area contributed by atoms with E-state index in [9.17, 15) is 0 Å². The van der Waals surface area contributed by atoms with Gasteiger partial charge in [-0.1, -0.05) is 0 Å². The summed E-state index contributed by atoms with van der Waals surface area (Å²) in [5.74, 6) is 0. The third-order valence-corrected chi connectivity index (χ3v) is 3.69. The Bertz CT molecular complexity index is 378. The smallest absolute Gasteiger partial charge is 0.185 e. The summed E-state index contributed by atoms with van der Waals surface area (Å²) in [5.41, 5.74) is 1.02. The molecular formula is C12H21N3OS. The summed E-state index contributed by atoms with van der Waals surface area (Å²) in [6, 6.07) is 0. The van der Waals surface area contributed by atoms with Crippen molar-refractivity contribution in [3.05, 3.63) is 11.1 Å². The quantitative estimate of drug-likeness (QED) is 0.894. The highest BCUT2D eigenvalue weighted by Crippen LogP contribution is 2.28. The first-order valence-electron chi connectivity index (χ1n) is 6.02. The average Bonchev–Trinajstić information content (AvgIpc) is 2.63. The Kier molecular flexibility index (Phi) is 3.70. The van der Waals surface area contributed by atoms with E-state index in [-0.39, 0.29) is 11.7 Å². The molecule has 1 unspecified atom stereocenters. The van der Waals surface area contributed by atoms with Gasteiger partial charge in [0.2, 0.25) is 0 Å². The first-order valence-corrected chi connectivity index (χ1v) is 6.90. The van der Waals surface area contributed by atoms with E-state index < -0.39 is 0 Å². The highest BCUT2D eigenvalue weighted by Gasteiger charge is 2.32. The lowest BCUT2D eigenvalue weighted by atomic mass is 10.1. The van der Waals surface area contributed by atoms with Gasteiger partial charge < -0.3 is 15.0 Å². The van der Waals surface area contributed by atoms with Crippen molar-refractivity contribution in [2.45, 2.75) is 39.0 Å². The Morgan fingerprint density at radius 2 is 2.41 bits per heavy atom. The minimum atomic E-state index is -0.0908. The van der Waals surface area contributed by atoms with Crippen LogP contribution < -0.4 is 10.2 Å². The molecular weight excluding hydrogens is 234 g/mol. The summed E-state index contributed by atoms with van der Waals surface area (Å²) in [6.07, 6.45) is 0.260. The van der Waals surface area contributed by atoms with E-state index in [0.717, 1.165) is 30.5 Å². The molecule has 0 spiro atoms. The maximum atomic E-state index is 5.90. The van der Waals surface area contributed by atoms with Crippen molar-refractivity contribution < 1.29 is 4.74 Å². The number of nitrogens with zero attached hydrogens (tertiary/aromatic N) is 2. The zero-order valence-corrected chi connectivity index (χ0v) is 11.8. The van der Waals surface area contributed by atoms with Crippen LogP contribution in [0, 0.1) is 0 Å². The highest BCUT2D eigenvalue weighted by atomic mass is 32.1. The molecule has 2 rings (SSSR count). The van der Waals surface area contributed by atoms with Crippen LogP contribution in [0.3, 0.4) is 0 Å². The van der Waals surface area contributed by atoms with Crippen LogP contribution in [0.5, 0.6) is 0 Å². The van der Waals surface area contributed by atoms with Crippen LogP contribution in [-0.4, -0.2) is 36.8 Å². The molecule has 0 bridgehead atoms. The van der Waals surface area contributed by atoms with Crippen molar-refractivity contribution in [2.75, 3.05) is 25.0 Å². The molecule has 0 radical (unpaired) electrons. The lowest BCUT2D eigenvalue weighted by molar-refractivity contribution is -0.0749. The number of hydrogen-bond donors (Lipinski definition) is 1. The Morgan fingerprint density at radius 1 is 1.65 bits per heavy atom. The van der Waals surface area contributed by atoms with E-state index in [2.05, 4.69) is 41.4 Å². The predicted molar refractivity (Wildman–Crippen MR) is 71.7 cm³/mol. The molecule has 1 fully saturated rings. The second-order valence-electron chi connectivity index (χ2n) is 5.22. The molecule has 5 heteroatoms. The van der Waals surface area contributed by atoms with E-state index in [0.29, 0.717) is 0 Å². The fourth-order valence-corrected chi connectivity index (χ4v) is 3.14. The van der Waals surface area contributed by atoms with Crippen molar-refractivity contribution in [3.63, 3.8) is 0 Å². The van der Waals surface area contributed by atoms with Gasteiger partial charge in [-0.15, -0.1) is 11.3 Å². The van der Waals surface area contributed by atoms with Gasteiger partial charge >= 0.3 is 0 Å². The third kappa shape index (κ3) is 3.18. The van der Waals surface area contributed by atoms with Gasteiger partial charge in [0.15, 0.2) is 5.13 Å². The number of hydrogen-bond acceptors (Lipinski definition) is 5. The fourth-order valence-electron chi connectivity index (χ4n) is 2.30. The molecule has 0 aliphatic carbocycles. The Hall–Kier alpha value is -0.650. The van der Waals surface area contributed by atoms with Gasteiger partial charge in [-0.05, 0) is 27.8 Å². The first-order chi connectivity index (χ1) is 8.00. The van der Waals surface area contributed by atoms with Gasteiger partial charge in [0.1, 0.15) is 0 Å². The van der Waals surface area contributed by atoms with E-state index in [1.54, 1.807) is 11.3 Å². The minimum absolute atomic E-state index is 0.0908. The van der Waals surface area contributed by atoms with E-state index in [1.165, 1.54) is 0 Å². The molecule has 1 aromatic heterocycles. The van der Waals surface area contributed by atoms with E-state index in [4.69, 9.17) is 4.74 Å². The molecule has 0 amide bonds. The maximum Gasteiger partial charge on any atom is 0.185 e.